The molecule has 0 aliphatic heterocycles. The van der Waals surface area contributed by atoms with E-state index in [1.54, 1.807) is 0 Å². The molecule has 0 aliphatic carbocycles. The van der Waals surface area contributed by atoms with Crippen LogP contribution in [0.1, 0.15) is 156 Å². The predicted molar refractivity (Wildman–Crippen MR) is 122 cm³/mol. The molecule has 0 saturated carbocycles. The van der Waals surface area contributed by atoms with Crippen molar-refractivity contribution >= 4 is 0 Å². The summed E-state index contributed by atoms with van der Waals surface area (Å²) < 4.78 is 0. The Labute approximate surface area is 168 Å². The summed E-state index contributed by atoms with van der Waals surface area (Å²) in [5, 5.41) is 0. The maximum Gasteiger partial charge on any atom is -0.0241 e. The second kappa shape index (κ2) is 21.3. The van der Waals surface area contributed by atoms with Gasteiger partial charge in [0.2, 0.25) is 0 Å². The quantitative estimate of drug-likeness (QED) is 0.177. The van der Waals surface area contributed by atoms with Crippen molar-refractivity contribution in [2.75, 3.05) is 0 Å². The van der Waals surface area contributed by atoms with E-state index in [4.69, 9.17) is 0 Å². The molecule has 0 atom stereocenters. The van der Waals surface area contributed by atoms with E-state index in [0.29, 0.717) is 0 Å². The molecule has 0 fully saturated rings. The van der Waals surface area contributed by atoms with E-state index >= 15 is 0 Å². The zero-order chi connectivity index (χ0) is 19.3. The summed E-state index contributed by atoms with van der Waals surface area (Å²) >= 11 is 0. The number of rotatable bonds is 21. The standard InChI is InChI=1S/C26H53/c1-5-7-9-11-13-18-22-26(23-19-14-12-10-8-6-2)24-20-16-15-17-21-25(3)4/h25H,5-24H2,1-4H3. The molecule has 0 aliphatic rings. The van der Waals surface area contributed by atoms with Crippen LogP contribution in [-0.4, -0.2) is 0 Å². The molecule has 0 unspecified atom stereocenters. The fourth-order valence-electron chi connectivity index (χ4n) is 3.97. The molecule has 0 N–H and O–H groups in total. The van der Waals surface area contributed by atoms with Crippen LogP contribution in [0.25, 0.3) is 0 Å². The number of hydrogen-bond donors (Lipinski definition) is 0. The van der Waals surface area contributed by atoms with Crippen molar-refractivity contribution in [3.63, 3.8) is 0 Å². The van der Waals surface area contributed by atoms with Gasteiger partial charge in [-0.15, -0.1) is 0 Å². The van der Waals surface area contributed by atoms with Crippen molar-refractivity contribution in [3.8, 4) is 0 Å². The molecule has 0 heterocycles. The van der Waals surface area contributed by atoms with Crippen LogP contribution < -0.4 is 0 Å². The molecular formula is C26H53. The molecule has 0 amide bonds. The van der Waals surface area contributed by atoms with Gasteiger partial charge in [0, 0.05) is 0 Å². The summed E-state index contributed by atoms with van der Waals surface area (Å²) in [5.74, 6) is 2.80. The van der Waals surface area contributed by atoms with Gasteiger partial charge in [0.15, 0.2) is 0 Å². The first-order valence-electron chi connectivity index (χ1n) is 12.5. The summed E-state index contributed by atoms with van der Waals surface area (Å²) in [7, 11) is 0. The summed E-state index contributed by atoms with van der Waals surface area (Å²) in [5.41, 5.74) is 0. The van der Waals surface area contributed by atoms with E-state index < -0.39 is 0 Å². The highest BCUT2D eigenvalue weighted by molar-refractivity contribution is 4.89. The maximum absolute atomic E-state index is 2.35. The van der Waals surface area contributed by atoms with E-state index in [-0.39, 0.29) is 0 Å². The van der Waals surface area contributed by atoms with Crippen molar-refractivity contribution in [1.82, 2.24) is 0 Å². The van der Waals surface area contributed by atoms with Gasteiger partial charge in [-0.05, 0) is 31.1 Å². The van der Waals surface area contributed by atoms with Gasteiger partial charge in [-0.3, -0.25) is 0 Å². The van der Waals surface area contributed by atoms with Gasteiger partial charge in [0.25, 0.3) is 0 Å². The summed E-state index contributed by atoms with van der Waals surface area (Å²) in [4.78, 5) is 0. The molecule has 26 heavy (non-hydrogen) atoms. The third-order valence-corrected chi connectivity index (χ3v) is 5.83. The molecule has 0 heteroatoms. The molecule has 0 spiro atoms. The van der Waals surface area contributed by atoms with Gasteiger partial charge in [-0.2, -0.15) is 0 Å². The Hall–Kier alpha value is 0. The van der Waals surface area contributed by atoms with Crippen LogP contribution in [0.3, 0.4) is 0 Å². The summed E-state index contributed by atoms with van der Waals surface area (Å²) in [6.45, 7) is 9.33. The van der Waals surface area contributed by atoms with Gasteiger partial charge in [0.05, 0.1) is 0 Å². The predicted octanol–water partition coefficient (Wildman–Crippen LogP) is 10.1. The second-order valence-corrected chi connectivity index (χ2v) is 9.13. The molecule has 0 aromatic heterocycles. The molecule has 0 bridgehead atoms. The van der Waals surface area contributed by atoms with Gasteiger partial charge >= 0.3 is 0 Å². The van der Waals surface area contributed by atoms with Crippen molar-refractivity contribution in [3.05, 3.63) is 5.92 Å². The van der Waals surface area contributed by atoms with Crippen LogP contribution in [-0.2, 0) is 0 Å². The Bertz CT molecular complexity index is 226. The van der Waals surface area contributed by atoms with Crippen molar-refractivity contribution < 1.29 is 0 Å². The van der Waals surface area contributed by atoms with Crippen LogP contribution in [0, 0.1) is 11.8 Å². The molecule has 0 rings (SSSR count). The lowest BCUT2D eigenvalue weighted by atomic mass is 9.89. The zero-order valence-electron chi connectivity index (χ0n) is 19.2. The lowest BCUT2D eigenvalue weighted by Gasteiger charge is -2.16. The van der Waals surface area contributed by atoms with E-state index in [1.807, 2.05) is 5.92 Å². The normalized spacial score (nSPS) is 11.8. The third-order valence-electron chi connectivity index (χ3n) is 5.83. The Morgan fingerprint density at radius 2 is 0.808 bits per heavy atom. The highest BCUT2D eigenvalue weighted by Gasteiger charge is 2.09. The Morgan fingerprint density at radius 3 is 1.19 bits per heavy atom. The SMILES string of the molecule is CCCCCCCC[C](CCCCCCCC)CCCCCCC(C)C. The van der Waals surface area contributed by atoms with Crippen LogP contribution >= 0.6 is 0 Å². The summed E-state index contributed by atoms with van der Waals surface area (Å²) in [6, 6.07) is 0. The maximum atomic E-state index is 2.35. The minimum atomic E-state index is 0.887. The minimum absolute atomic E-state index is 0.887. The van der Waals surface area contributed by atoms with Gasteiger partial charge in [0.1, 0.15) is 0 Å². The van der Waals surface area contributed by atoms with Crippen LogP contribution in [0.4, 0.5) is 0 Å². The lowest BCUT2D eigenvalue weighted by molar-refractivity contribution is 0.495. The molecule has 0 aromatic carbocycles. The van der Waals surface area contributed by atoms with Crippen molar-refractivity contribution in [1.29, 1.82) is 0 Å². The Balaban J connectivity index is 3.80. The highest BCUT2D eigenvalue weighted by Crippen LogP contribution is 2.26. The average Bonchev–Trinajstić information content (AvgIpc) is 2.62. The third kappa shape index (κ3) is 20.3. The summed E-state index contributed by atoms with van der Waals surface area (Å²) in [6.07, 6.45) is 28.9. The molecular weight excluding hydrogens is 312 g/mol. The Morgan fingerprint density at radius 1 is 0.462 bits per heavy atom. The van der Waals surface area contributed by atoms with E-state index in [9.17, 15) is 0 Å². The Kier molecular flexibility index (Phi) is 21.3. The smallest absolute Gasteiger partial charge is 0.0241 e. The topological polar surface area (TPSA) is 0 Å². The lowest BCUT2D eigenvalue weighted by Crippen LogP contribution is -1.99. The van der Waals surface area contributed by atoms with Gasteiger partial charge < -0.3 is 0 Å². The molecule has 0 aromatic rings. The largest absolute Gasteiger partial charge is 0.0654 e. The van der Waals surface area contributed by atoms with Crippen molar-refractivity contribution in [2.24, 2.45) is 5.92 Å². The fraction of sp³-hybridized carbons (Fsp3) is 0.962. The highest BCUT2D eigenvalue weighted by atomic mass is 14.1. The molecule has 0 saturated heterocycles. The molecule has 157 valence electrons. The minimum Gasteiger partial charge on any atom is -0.0654 e. The van der Waals surface area contributed by atoms with Gasteiger partial charge in [-0.25, -0.2) is 0 Å². The van der Waals surface area contributed by atoms with Crippen molar-refractivity contribution in [2.45, 2.75) is 156 Å². The number of unbranched alkanes of at least 4 members (excludes halogenated alkanes) is 13. The number of hydrogen-bond acceptors (Lipinski definition) is 0. The van der Waals surface area contributed by atoms with Crippen LogP contribution in [0.5, 0.6) is 0 Å². The second-order valence-electron chi connectivity index (χ2n) is 9.13. The first kappa shape index (κ1) is 26.0. The van der Waals surface area contributed by atoms with Gasteiger partial charge in [-0.1, -0.05) is 137 Å². The van der Waals surface area contributed by atoms with Crippen LogP contribution in [0.2, 0.25) is 0 Å². The average molecular weight is 366 g/mol. The fourth-order valence-corrected chi connectivity index (χ4v) is 3.97. The van der Waals surface area contributed by atoms with Crippen LogP contribution in [0.15, 0.2) is 0 Å². The zero-order valence-corrected chi connectivity index (χ0v) is 19.2. The first-order valence-corrected chi connectivity index (χ1v) is 12.5. The molecule has 0 nitrogen and oxygen atoms in total. The molecule has 1 radical (unpaired) electrons. The first-order chi connectivity index (χ1) is 12.7. The van der Waals surface area contributed by atoms with E-state index in [2.05, 4.69) is 27.7 Å². The van der Waals surface area contributed by atoms with E-state index in [1.165, 1.54) is 128 Å². The van der Waals surface area contributed by atoms with E-state index in [0.717, 1.165) is 5.92 Å². The monoisotopic (exact) mass is 365 g/mol.